The molecular formula is C30H38O10S3. The molecule has 0 atom stereocenters. The van der Waals surface area contributed by atoms with Gasteiger partial charge in [-0.05, 0) is 18.6 Å². The smallest absolute Gasteiger partial charge is 0.295 e. The lowest BCUT2D eigenvalue weighted by Crippen LogP contribution is -2.07. The van der Waals surface area contributed by atoms with E-state index >= 15 is 0 Å². The molecule has 4 aromatic carbocycles. The van der Waals surface area contributed by atoms with Crippen molar-refractivity contribution >= 4 is 62.7 Å². The lowest BCUT2D eigenvalue weighted by molar-refractivity contribution is 0.307. The highest BCUT2D eigenvalue weighted by Gasteiger charge is 2.28. The first-order valence-corrected chi connectivity index (χ1v) is 18.9. The summed E-state index contributed by atoms with van der Waals surface area (Å²) >= 11 is 0. The monoisotopic (exact) mass is 654 g/mol. The molecule has 43 heavy (non-hydrogen) atoms. The first kappa shape index (κ1) is 33.3. The van der Waals surface area contributed by atoms with E-state index in [9.17, 15) is 38.9 Å². The number of hydrogen-bond acceptors (Lipinski definition) is 7. The lowest BCUT2D eigenvalue weighted by atomic mass is 9.93. The van der Waals surface area contributed by atoms with Gasteiger partial charge in [-0.2, -0.15) is 25.3 Å². The largest absolute Gasteiger partial charge is 0.493 e. The predicted octanol–water partition coefficient (Wildman–Crippen LogP) is 7.40. The molecule has 10 nitrogen and oxygen atoms in total. The van der Waals surface area contributed by atoms with Crippen molar-refractivity contribution in [1.29, 1.82) is 0 Å². The Kier molecular flexibility index (Phi) is 10.6. The minimum Gasteiger partial charge on any atom is -0.493 e. The van der Waals surface area contributed by atoms with Gasteiger partial charge >= 0.3 is 0 Å². The molecule has 0 spiro atoms. The summed E-state index contributed by atoms with van der Waals surface area (Å²) in [7, 11) is -14.7. The first-order chi connectivity index (χ1) is 20.2. The zero-order valence-corrected chi connectivity index (χ0v) is 26.5. The Balaban J connectivity index is 1.61. The summed E-state index contributed by atoms with van der Waals surface area (Å²) in [6.07, 6.45) is 13.9. The quantitative estimate of drug-likeness (QED) is 0.0591. The second-order valence-corrected chi connectivity index (χ2v) is 15.1. The van der Waals surface area contributed by atoms with Crippen molar-refractivity contribution < 1.29 is 43.6 Å². The zero-order chi connectivity index (χ0) is 31.4. The fourth-order valence-electron chi connectivity index (χ4n) is 5.75. The Hall–Kier alpha value is -2.55. The van der Waals surface area contributed by atoms with Crippen molar-refractivity contribution in [2.45, 2.75) is 98.7 Å². The number of unbranched alkanes of at least 4 members (excludes halogenated alkanes) is 11. The van der Waals surface area contributed by atoms with Crippen molar-refractivity contribution in [2.24, 2.45) is 0 Å². The maximum atomic E-state index is 12.4. The summed E-state index contributed by atoms with van der Waals surface area (Å²) < 4.78 is 109. The second kappa shape index (κ2) is 13.6. The molecular weight excluding hydrogens is 617 g/mol. The maximum Gasteiger partial charge on any atom is 0.295 e. The summed E-state index contributed by atoms with van der Waals surface area (Å²) in [5, 5.41) is 0.212. The van der Waals surface area contributed by atoms with Crippen LogP contribution in [-0.4, -0.2) is 45.5 Å². The van der Waals surface area contributed by atoms with Crippen molar-refractivity contribution in [1.82, 2.24) is 0 Å². The van der Waals surface area contributed by atoms with E-state index in [0.717, 1.165) is 19.3 Å². The van der Waals surface area contributed by atoms with Gasteiger partial charge in [-0.3, -0.25) is 13.7 Å². The van der Waals surface area contributed by atoms with Crippen molar-refractivity contribution in [2.75, 3.05) is 6.61 Å². The molecule has 4 aromatic rings. The third-order valence-electron chi connectivity index (χ3n) is 7.84. The molecule has 236 valence electrons. The van der Waals surface area contributed by atoms with Gasteiger partial charge in [0, 0.05) is 38.4 Å². The molecule has 0 saturated carbocycles. The Morgan fingerprint density at radius 2 is 0.860 bits per heavy atom. The van der Waals surface area contributed by atoms with Crippen LogP contribution in [0.2, 0.25) is 0 Å². The van der Waals surface area contributed by atoms with Crippen molar-refractivity contribution in [3.63, 3.8) is 0 Å². The van der Waals surface area contributed by atoms with E-state index in [-0.39, 0.29) is 39.3 Å². The molecule has 0 aliphatic heterocycles. The fraction of sp³-hybridized carbons (Fsp3) is 0.467. The van der Waals surface area contributed by atoms with Gasteiger partial charge in [0.1, 0.15) is 20.4 Å². The zero-order valence-electron chi connectivity index (χ0n) is 24.1. The summed E-state index contributed by atoms with van der Waals surface area (Å²) in [6, 6.07) is 7.15. The Bertz CT molecular complexity index is 1860. The summed E-state index contributed by atoms with van der Waals surface area (Å²) in [6.45, 7) is 2.46. The van der Waals surface area contributed by atoms with Crippen LogP contribution in [0.1, 0.15) is 84.0 Å². The van der Waals surface area contributed by atoms with Gasteiger partial charge in [-0.15, -0.1) is 0 Å². The fourth-order valence-corrected chi connectivity index (χ4v) is 7.96. The standard InChI is InChI=1S/C30H38O10S3/c1-2-3-4-5-6-7-8-9-10-11-12-13-18-40-25-19-26(41(31,32)33)22-16-17-24-28(43(37,38)39)20-27(42(34,35)36)23-15-14-21(25)29(22)30(23)24/h14-17,19-20H,2-13,18H2,1H3,(H,31,32,33)(H,34,35,36)(H,37,38,39). The first-order valence-electron chi connectivity index (χ1n) is 14.6. The molecule has 0 aliphatic carbocycles. The van der Waals surface area contributed by atoms with Gasteiger partial charge in [0.15, 0.2) is 0 Å². The van der Waals surface area contributed by atoms with Gasteiger partial charge in [-0.25, -0.2) is 0 Å². The number of benzene rings is 4. The molecule has 0 unspecified atom stereocenters. The van der Waals surface area contributed by atoms with Crippen LogP contribution in [-0.2, 0) is 30.4 Å². The summed E-state index contributed by atoms with van der Waals surface area (Å²) in [5.74, 6) is 0.100. The summed E-state index contributed by atoms with van der Waals surface area (Å²) in [4.78, 5) is -2.07. The highest BCUT2D eigenvalue weighted by Crippen LogP contribution is 2.45. The van der Waals surface area contributed by atoms with Crippen LogP contribution in [0.5, 0.6) is 5.75 Å². The predicted molar refractivity (Wildman–Crippen MR) is 166 cm³/mol. The second-order valence-electron chi connectivity index (χ2n) is 11.0. The molecule has 0 aromatic heterocycles. The third kappa shape index (κ3) is 7.76. The molecule has 0 radical (unpaired) electrons. The highest BCUT2D eigenvalue weighted by molar-refractivity contribution is 7.87. The molecule has 0 amide bonds. The van der Waals surface area contributed by atoms with Crippen LogP contribution in [0.4, 0.5) is 0 Å². The van der Waals surface area contributed by atoms with E-state index in [4.69, 9.17) is 4.74 Å². The van der Waals surface area contributed by atoms with Crippen LogP contribution in [0, 0.1) is 0 Å². The van der Waals surface area contributed by atoms with E-state index in [1.807, 2.05) is 0 Å². The molecule has 13 heteroatoms. The van der Waals surface area contributed by atoms with Gasteiger partial charge in [0.25, 0.3) is 30.4 Å². The lowest BCUT2D eigenvalue weighted by Gasteiger charge is -2.19. The molecule has 0 fully saturated rings. The number of rotatable bonds is 17. The number of ether oxygens (including phenoxy) is 1. The average molecular weight is 655 g/mol. The minimum atomic E-state index is -4.97. The Morgan fingerprint density at radius 1 is 0.512 bits per heavy atom. The molecule has 0 saturated heterocycles. The SMILES string of the molecule is CCCCCCCCCCCCCCOc1cc(S(=O)(=O)O)c2ccc3c(S(=O)(=O)O)cc(S(=O)(=O)O)c4ccc1c2c43. The van der Waals surface area contributed by atoms with E-state index in [1.165, 1.54) is 81.7 Å². The summed E-state index contributed by atoms with van der Waals surface area (Å²) in [5.41, 5.74) is 0. The molecule has 0 bridgehead atoms. The van der Waals surface area contributed by atoms with E-state index < -0.39 is 45.0 Å². The van der Waals surface area contributed by atoms with Crippen LogP contribution < -0.4 is 4.74 Å². The molecule has 0 aliphatic rings. The van der Waals surface area contributed by atoms with E-state index in [1.54, 1.807) is 0 Å². The average Bonchev–Trinajstić information content (AvgIpc) is 2.92. The van der Waals surface area contributed by atoms with Gasteiger partial charge in [0.2, 0.25) is 0 Å². The van der Waals surface area contributed by atoms with Crippen molar-refractivity contribution in [3.8, 4) is 5.75 Å². The topological polar surface area (TPSA) is 172 Å². The normalized spacial score (nSPS) is 13.0. The van der Waals surface area contributed by atoms with Crippen LogP contribution in [0.25, 0.3) is 32.3 Å². The van der Waals surface area contributed by atoms with Crippen molar-refractivity contribution in [3.05, 3.63) is 36.4 Å². The molecule has 0 heterocycles. The third-order valence-corrected chi connectivity index (χ3v) is 10.5. The number of hydrogen-bond donors (Lipinski definition) is 3. The van der Waals surface area contributed by atoms with E-state index in [0.29, 0.717) is 17.9 Å². The Labute approximate surface area is 253 Å². The highest BCUT2D eigenvalue weighted by atomic mass is 32.2. The van der Waals surface area contributed by atoms with Gasteiger partial charge in [0.05, 0.1) is 6.61 Å². The van der Waals surface area contributed by atoms with Crippen LogP contribution in [0.3, 0.4) is 0 Å². The molecule has 3 N–H and O–H groups in total. The van der Waals surface area contributed by atoms with Gasteiger partial charge in [-0.1, -0.05) is 95.8 Å². The van der Waals surface area contributed by atoms with Crippen LogP contribution >= 0.6 is 0 Å². The molecule has 4 rings (SSSR count). The maximum absolute atomic E-state index is 12.4. The van der Waals surface area contributed by atoms with E-state index in [2.05, 4.69) is 6.92 Å². The van der Waals surface area contributed by atoms with Gasteiger partial charge < -0.3 is 4.74 Å². The minimum absolute atomic E-state index is 0.0120. The Morgan fingerprint density at radius 3 is 1.28 bits per heavy atom. The van der Waals surface area contributed by atoms with Crippen LogP contribution in [0.15, 0.2) is 51.1 Å².